The van der Waals surface area contributed by atoms with Gasteiger partial charge in [0.2, 0.25) is 0 Å². The van der Waals surface area contributed by atoms with E-state index in [-0.39, 0.29) is 24.3 Å². The first kappa shape index (κ1) is 15.2. The number of nitrogens with zero attached hydrogens (tertiary/aromatic N) is 2. The molecule has 0 aliphatic carbocycles. The predicted octanol–water partition coefficient (Wildman–Crippen LogP) is 0.677. The molecule has 1 unspecified atom stereocenters. The third-order valence-corrected chi connectivity index (χ3v) is 2.95. The molecule has 1 aromatic heterocycles. The molecule has 102 valence electrons. The highest BCUT2D eigenvalue weighted by Gasteiger charge is 2.20. The van der Waals surface area contributed by atoms with Crippen LogP contribution in [0.2, 0.25) is 0 Å². The molecule has 0 spiro atoms. The molecule has 1 aliphatic rings. The smallest absolute Gasteiger partial charge is 0.138 e. The molecule has 2 rings (SSSR count). The fraction of sp³-hybridized carbons (Fsp3) is 0.583. The second kappa shape index (κ2) is 6.89. The molecule has 0 aromatic carbocycles. The number of halogens is 1. The lowest BCUT2D eigenvalue weighted by atomic mass is 10.2. The zero-order chi connectivity index (χ0) is 12.3. The van der Waals surface area contributed by atoms with Gasteiger partial charge in [-0.2, -0.15) is 0 Å². The second-order valence-electron chi connectivity index (χ2n) is 4.38. The zero-order valence-corrected chi connectivity index (χ0v) is 11.3. The first-order valence-electron chi connectivity index (χ1n) is 5.88. The standard InChI is InChI=1S/C12H19N3O2.ClH/c1-9-2-3-12(16)11(14-9)8-15-4-5-17-10(6-13)7-15;/h2-3,10,16H,4-8,13H2,1H3;1H. The zero-order valence-electron chi connectivity index (χ0n) is 10.5. The van der Waals surface area contributed by atoms with Crippen LogP contribution in [0.1, 0.15) is 11.4 Å². The fourth-order valence-corrected chi connectivity index (χ4v) is 2.00. The summed E-state index contributed by atoms with van der Waals surface area (Å²) in [4.78, 5) is 6.56. The average Bonchev–Trinajstić information content (AvgIpc) is 2.34. The molecule has 1 aromatic rings. The molecule has 6 heteroatoms. The SMILES string of the molecule is Cc1ccc(O)c(CN2CCOC(CN)C2)n1.Cl. The lowest BCUT2D eigenvalue weighted by Crippen LogP contribution is -2.45. The Morgan fingerprint density at radius 3 is 3.06 bits per heavy atom. The van der Waals surface area contributed by atoms with Gasteiger partial charge in [0.05, 0.1) is 18.4 Å². The van der Waals surface area contributed by atoms with E-state index in [1.807, 2.05) is 6.92 Å². The number of nitrogens with two attached hydrogens (primary N) is 1. The molecule has 2 heterocycles. The number of pyridine rings is 1. The molecule has 0 bridgehead atoms. The maximum absolute atomic E-state index is 9.74. The quantitative estimate of drug-likeness (QED) is 0.847. The first-order valence-corrected chi connectivity index (χ1v) is 5.88. The monoisotopic (exact) mass is 273 g/mol. The highest BCUT2D eigenvalue weighted by atomic mass is 35.5. The van der Waals surface area contributed by atoms with Crippen molar-refractivity contribution in [3.63, 3.8) is 0 Å². The summed E-state index contributed by atoms with van der Waals surface area (Å²) in [6, 6.07) is 3.50. The Balaban J connectivity index is 0.00000162. The molecule has 3 N–H and O–H groups in total. The summed E-state index contributed by atoms with van der Waals surface area (Å²) in [6.07, 6.45) is 0.0932. The summed E-state index contributed by atoms with van der Waals surface area (Å²) in [5.74, 6) is 0.256. The minimum atomic E-state index is 0. The summed E-state index contributed by atoms with van der Waals surface area (Å²) >= 11 is 0. The van der Waals surface area contributed by atoms with E-state index in [1.165, 1.54) is 0 Å². The highest BCUT2D eigenvalue weighted by Crippen LogP contribution is 2.18. The third kappa shape index (κ3) is 3.81. The molecule has 1 aliphatic heterocycles. The van der Waals surface area contributed by atoms with Crippen LogP contribution in [0.15, 0.2) is 12.1 Å². The van der Waals surface area contributed by atoms with Crippen molar-refractivity contribution < 1.29 is 9.84 Å². The number of hydrogen-bond donors (Lipinski definition) is 2. The van der Waals surface area contributed by atoms with Crippen LogP contribution in [0.25, 0.3) is 0 Å². The molecule has 1 saturated heterocycles. The van der Waals surface area contributed by atoms with E-state index in [2.05, 4.69) is 9.88 Å². The summed E-state index contributed by atoms with van der Waals surface area (Å²) in [5, 5.41) is 9.74. The summed E-state index contributed by atoms with van der Waals surface area (Å²) in [6.45, 7) is 5.44. The molecule has 5 nitrogen and oxygen atoms in total. The maximum atomic E-state index is 9.74. The topological polar surface area (TPSA) is 71.6 Å². The van der Waals surface area contributed by atoms with Crippen molar-refractivity contribution >= 4 is 12.4 Å². The van der Waals surface area contributed by atoms with Gasteiger partial charge in [0, 0.05) is 31.9 Å². The van der Waals surface area contributed by atoms with E-state index >= 15 is 0 Å². The third-order valence-electron chi connectivity index (χ3n) is 2.95. The number of rotatable bonds is 3. The van der Waals surface area contributed by atoms with Crippen molar-refractivity contribution in [2.24, 2.45) is 5.73 Å². The van der Waals surface area contributed by atoms with Gasteiger partial charge in [-0.15, -0.1) is 12.4 Å². The van der Waals surface area contributed by atoms with E-state index in [4.69, 9.17) is 10.5 Å². The van der Waals surface area contributed by atoms with Crippen molar-refractivity contribution in [1.29, 1.82) is 0 Å². The molecule has 1 fully saturated rings. The predicted molar refractivity (Wildman–Crippen MR) is 72.0 cm³/mol. The summed E-state index contributed by atoms with van der Waals surface area (Å²) in [5.41, 5.74) is 7.24. The van der Waals surface area contributed by atoms with Crippen LogP contribution in [0.5, 0.6) is 5.75 Å². The summed E-state index contributed by atoms with van der Waals surface area (Å²) in [7, 11) is 0. The van der Waals surface area contributed by atoms with Gasteiger partial charge in [0.25, 0.3) is 0 Å². The average molecular weight is 274 g/mol. The highest BCUT2D eigenvalue weighted by molar-refractivity contribution is 5.85. The van der Waals surface area contributed by atoms with E-state index in [1.54, 1.807) is 12.1 Å². The molecule has 1 atom stereocenters. The van der Waals surface area contributed by atoms with Crippen molar-refractivity contribution in [1.82, 2.24) is 9.88 Å². The normalized spacial score (nSPS) is 20.4. The van der Waals surface area contributed by atoms with Crippen molar-refractivity contribution in [3.05, 3.63) is 23.5 Å². The van der Waals surface area contributed by atoms with Gasteiger partial charge in [-0.1, -0.05) is 0 Å². The number of ether oxygens (including phenoxy) is 1. The van der Waals surface area contributed by atoms with Crippen LogP contribution >= 0.6 is 12.4 Å². The van der Waals surface area contributed by atoms with Crippen LogP contribution in [0.3, 0.4) is 0 Å². The lowest BCUT2D eigenvalue weighted by Gasteiger charge is -2.32. The number of aromatic hydroxyl groups is 1. The van der Waals surface area contributed by atoms with Gasteiger partial charge < -0.3 is 15.6 Å². The maximum Gasteiger partial charge on any atom is 0.138 e. The number of aromatic nitrogens is 1. The fourth-order valence-electron chi connectivity index (χ4n) is 2.00. The molecule has 0 radical (unpaired) electrons. The van der Waals surface area contributed by atoms with Crippen LogP contribution in [-0.4, -0.2) is 47.3 Å². The van der Waals surface area contributed by atoms with Gasteiger partial charge in [-0.3, -0.25) is 9.88 Å². The Morgan fingerprint density at radius 1 is 1.56 bits per heavy atom. The minimum absolute atomic E-state index is 0. The van der Waals surface area contributed by atoms with Gasteiger partial charge >= 0.3 is 0 Å². The van der Waals surface area contributed by atoms with E-state index in [9.17, 15) is 5.11 Å². The summed E-state index contributed by atoms with van der Waals surface area (Å²) < 4.78 is 5.50. The van der Waals surface area contributed by atoms with Gasteiger partial charge in [0.1, 0.15) is 5.75 Å². The van der Waals surface area contributed by atoms with Gasteiger partial charge in [-0.25, -0.2) is 0 Å². The van der Waals surface area contributed by atoms with Crippen LogP contribution in [-0.2, 0) is 11.3 Å². The Hall–Kier alpha value is -0.880. The number of aryl methyl sites for hydroxylation is 1. The Bertz CT molecular complexity index is 390. The van der Waals surface area contributed by atoms with Crippen LogP contribution in [0.4, 0.5) is 0 Å². The van der Waals surface area contributed by atoms with Crippen molar-refractivity contribution in [2.45, 2.75) is 19.6 Å². The Morgan fingerprint density at radius 2 is 2.33 bits per heavy atom. The Labute approximate surface area is 113 Å². The van der Waals surface area contributed by atoms with Crippen LogP contribution < -0.4 is 5.73 Å². The Kier molecular flexibility index (Phi) is 5.81. The minimum Gasteiger partial charge on any atom is -0.506 e. The van der Waals surface area contributed by atoms with Gasteiger partial charge in [-0.05, 0) is 19.1 Å². The molecule has 18 heavy (non-hydrogen) atoms. The first-order chi connectivity index (χ1) is 8.19. The van der Waals surface area contributed by atoms with E-state index < -0.39 is 0 Å². The molecule has 0 amide bonds. The van der Waals surface area contributed by atoms with Gasteiger partial charge in [0.15, 0.2) is 0 Å². The lowest BCUT2D eigenvalue weighted by molar-refractivity contribution is -0.0266. The number of hydrogen-bond acceptors (Lipinski definition) is 5. The molecular weight excluding hydrogens is 254 g/mol. The molecular formula is C12H20ClN3O2. The van der Waals surface area contributed by atoms with Crippen molar-refractivity contribution in [3.8, 4) is 5.75 Å². The molecule has 0 saturated carbocycles. The largest absolute Gasteiger partial charge is 0.506 e. The number of morpholine rings is 1. The van der Waals surface area contributed by atoms with Crippen molar-refractivity contribution in [2.75, 3.05) is 26.2 Å². The van der Waals surface area contributed by atoms with Crippen LogP contribution in [0, 0.1) is 6.92 Å². The van der Waals surface area contributed by atoms with E-state index in [0.29, 0.717) is 19.7 Å². The second-order valence-corrected chi connectivity index (χ2v) is 4.38. The van der Waals surface area contributed by atoms with E-state index in [0.717, 1.165) is 24.5 Å².